The van der Waals surface area contributed by atoms with Crippen LogP contribution >= 0.6 is 11.8 Å². The number of anilines is 6. The Labute approximate surface area is 369 Å². The van der Waals surface area contributed by atoms with Crippen LogP contribution in [0.2, 0.25) is 0 Å². The fraction of sp³-hybridized carbons (Fsp3) is 0.488. The van der Waals surface area contributed by atoms with Gasteiger partial charge < -0.3 is 56.3 Å². The van der Waals surface area contributed by atoms with Crippen molar-refractivity contribution in [2.75, 3.05) is 138 Å². The Morgan fingerprint density at radius 2 is 1.19 bits per heavy atom. The number of nitrogen functional groups attached to an aromatic ring is 3. The number of hydrogen-bond acceptors (Lipinski definition) is 16. The van der Waals surface area contributed by atoms with Gasteiger partial charge in [0.25, 0.3) is 5.69 Å². The number of nitrogens with one attached hydrogen (secondary N) is 1. The second-order valence-corrected chi connectivity index (χ2v) is 15.9. The number of fused-ring (bicyclic) bond motifs is 1. The van der Waals surface area contributed by atoms with Crippen molar-refractivity contribution in [1.82, 2.24) is 24.7 Å². The van der Waals surface area contributed by atoms with Gasteiger partial charge in [0.15, 0.2) is 0 Å². The van der Waals surface area contributed by atoms with E-state index < -0.39 is 4.92 Å². The van der Waals surface area contributed by atoms with Gasteiger partial charge in [-0.15, -0.1) is 4.51 Å². The van der Waals surface area contributed by atoms with Crippen molar-refractivity contribution in [3.63, 3.8) is 0 Å². The largest absolute Gasteiger partial charge is 0.480 e. The van der Waals surface area contributed by atoms with Crippen LogP contribution in [0.4, 0.5) is 39.8 Å². The van der Waals surface area contributed by atoms with Crippen molar-refractivity contribution in [3.8, 4) is 0 Å². The normalized spacial score (nSPS) is 16.3. The lowest BCUT2D eigenvalue weighted by atomic mass is 10.2. The number of carbonyl (C=O) groups is 2. The van der Waals surface area contributed by atoms with Crippen molar-refractivity contribution in [1.29, 1.82) is 0 Å². The number of aromatic amines is 1. The predicted octanol–water partition coefficient (Wildman–Crippen LogP) is 4.53. The second-order valence-electron chi connectivity index (χ2n) is 15.7. The van der Waals surface area contributed by atoms with E-state index in [1.807, 2.05) is 31.2 Å². The average molecular weight is 879 g/mol. The Morgan fingerprint density at radius 3 is 1.61 bits per heavy atom. The third-order valence-corrected chi connectivity index (χ3v) is 10.8. The molecule has 7 N–H and O–H groups in total. The zero-order valence-corrected chi connectivity index (χ0v) is 37.7. The Morgan fingerprint density at radius 1 is 0.726 bits per heavy atom. The summed E-state index contributed by atoms with van der Waals surface area (Å²) in [5, 5.41) is 10.7. The molecule has 18 nitrogen and oxygen atoms in total. The summed E-state index contributed by atoms with van der Waals surface area (Å²) in [7, 11) is 6.39. The van der Waals surface area contributed by atoms with Gasteiger partial charge in [-0.05, 0) is 90.4 Å². The number of ketones is 2. The highest BCUT2D eigenvalue weighted by atomic mass is 35.5. The molecule has 3 saturated heterocycles. The molecule has 19 heteroatoms. The molecule has 62 heavy (non-hydrogen) atoms. The number of rotatable bonds is 9. The summed E-state index contributed by atoms with van der Waals surface area (Å²) in [6, 6.07) is 17.1. The van der Waals surface area contributed by atoms with Crippen molar-refractivity contribution >= 4 is 80.1 Å². The minimum Gasteiger partial charge on any atom is -0.480 e. The minimum atomic E-state index is -0.455. The highest BCUT2D eigenvalue weighted by Gasteiger charge is 2.19. The fourth-order valence-corrected chi connectivity index (χ4v) is 7.02. The number of nitrogens with two attached hydrogens (primary N) is 3. The van der Waals surface area contributed by atoms with Crippen LogP contribution in [-0.2, 0) is 20.7 Å². The van der Waals surface area contributed by atoms with E-state index in [0.717, 1.165) is 101 Å². The van der Waals surface area contributed by atoms with Gasteiger partial charge >= 0.3 is 0 Å². The lowest BCUT2D eigenvalue weighted by molar-refractivity contribution is -0.383. The molecule has 0 unspecified atom stereocenters. The number of carbonyl (C=O) groups excluding carboxylic acids is 2. The molecule has 4 heterocycles. The quantitative estimate of drug-likeness (QED) is 0.0596. The first-order valence-electron chi connectivity index (χ1n) is 20.8. The van der Waals surface area contributed by atoms with E-state index >= 15 is 0 Å². The van der Waals surface area contributed by atoms with Crippen LogP contribution in [0.3, 0.4) is 0 Å². The summed E-state index contributed by atoms with van der Waals surface area (Å²) in [4.78, 5) is 53.4. The lowest BCUT2D eigenvalue weighted by Gasteiger charge is -2.34. The van der Waals surface area contributed by atoms with Gasteiger partial charge in [0.2, 0.25) is 5.90 Å². The molecule has 0 radical (unpaired) electrons. The van der Waals surface area contributed by atoms with Crippen LogP contribution in [0.5, 0.6) is 0 Å². The summed E-state index contributed by atoms with van der Waals surface area (Å²) in [5.74, 6) is 1.16. The van der Waals surface area contributed by atoms with Gasteiger partial charge in [0.1, 0.15) is 23.1 Å². The number of benzene rings is 3. The molecule has 0 aliphatic carbocycles. The van der Waals surface area contributed by atoms with E-state index in [4.69, 9.17) is 33.7 Å². The van der Waals surface area contributed by atoms with E-state index in [1.165, 1.54) is 24.4 Å². The first-order chi connectivity index (χ1) is 29.6. The first kappa shape index (κ1) is 49.0. The van der Waals surface area contributed by atoms with Crippen LogP contribution in [0, 0.1) is 10.1 Å². The standard InChI is InChI=1S/C15H20N4O.C11H16N4O2.C11H18N4.C6H10ClNO2/c1-11(20)9-15-16-13-4-3-12(10-14(13)17-15)19-7-5-18(2)6-8-19;1-13-4-6-14(7-5-13)9-2-3-11(15(16)17)10(12)8-9;1-14-4-6-15(7-5-14)9-2-3-10(12)11(13)8-9;1-3-10-6(8-7)4-5(2)9/h3-4,10H,5-9H2,1-2H3,(H,16,17);2-3,8H,4-7,12H2,1H3;2-3,8H,4-7,12-13H2,1H3;3-4H2,1-2H3. The number of ether oxygens (including phenoxy) is 1. The number of H-pyrrole nitrogens is 1. The van der Waals surface area contributed by atoms with Gasteiger partial charge in [-0.3, -0.25) is 19.7 Å². The summed E-state index contributed by atoms with van der Waals surface area (Å²) in [5.41, 5.74) is 24.0. The fourth-order valence-electron chi connectivity index (χ4n) is 6.91. The van der Waals surface area contributed by atoms with Crippen molar-refractivity contribution in [2.24, 2.45) is 4.51 Å². The molecule has 0 saturated carbocycles. The van der Waals surface area contributed by atoms with Crippen molar-refractivity contribution < 1.29 is 19.2 Å². The van der Waals surface area contributed by atoms with E-state index in [9.17, 15) is 19.7 Å². The van der Waals surface area contributed by atoms with Gasteiger partial charge in [-0.2, -0.15) is 0 Å². The molecule has 0 amide bonds. The predicted molar refractivity (Wildman–Crippen MR) is 253 cm³/mol. The maximum Gasteiger partial charge on any atom is 0.292 e. The number of halogens is 1. The van der Waals surface area contributed by atoms with Gasteiger partial charge in [0, 0.05) is 113 Å². The highest BCUT2D eigenvalue weighted by molar-refractivity contribution is 6.20. The number of nitro groups is 1. The zero-order chi connectivity index (χ0) is 45.3. The monoisotopic (exact) mass is 877 g/mol. The molecule has 3 fully saturated rings. The SMILES string of the molecule is CC(=O)Cc1nc2ccc(N3CCN(C)CC3)cc2[nH]1.CCOC(CC(C)=O)=NCl.CN1CCN(c2ccc(N)c(N)c2)CC1.CN1CCN(c2ccc([N+](=O)[O-])c(N)c2)CC1. The van der Waals surface area contributed by atoms with Crippen LogP contribution in [0.1, 0.15) is 33.0 Å². The minimum absolute atomic E-state index is 0.00662. The molecule has 0 atom stereocenters. The van der Waals surface area contributed by atoms with E-state index in [1.54, 1.807) is 19.1 Å². The first-order valence-corrected chi connectivity index (χ1v) is 21.2. The Hall–Kier alpha value is -5.69. The van der Waals surface area contributed by atoms with Gasteiger partial charge in [0.05, 0.1) is 46.8 Å². The number of hydrogen-bond donors (Lipinski definition) is 4. The molecule has 338 valence electrons. The molecule has 3 aromatic carbocycles. The third kappa shape index (κ3) is 15.3. The number of piperazine rings is 3. The summed E-state index contributed by atoms with van der Waals surface area (Å²) in [6.07, 6.45) is 0.551. The van der Waals surface area contributed by atoms with Crippen LogP contribution in [0.25, 0.3) is 11.0 Å². The van der Waals surface area contributed by atoms with E-state index in [2.05, 4.69) is 77.2 Å². The van der Waals surface area contributed by atoms with Crippen molar-refractivity contribution in [3.05, 3.63) is 70.5 Å². The van der Waals surface area contributed by atoms with Gasteiger partial charge in [-0.25, -0.2) is 4.98 Å². The topological polar surface area (TPSA) is 225 Å². The maximum absolute atomic E-state index is 11.2. The number of nitrogens with zero attached hydrogens (tertiary/aromatic N) is 9. The highest BCUT2D eigenvalue weighted by Crippen LogP contribution is 2.28. The Kier molecular flexibility index (Phi) is 19.0. The van der Waals surface area contributed by atoms with E-state index in [0.29, 0.717) is 24.4 Å². The summed E-state index contributed by atoms with van der Waals surface area (Å²) in [6.45, 7) is 17.8. The summed E-state index contributed by atoms with van der Waals surface area (Å²) >= 11 is 5.10. The average Bonchev–Trinajstić information content (AvgIpc) is 3.64. The number of Topliss-reactive ketones (excluding diaryl/α,β-unsaturated/α-hetero) is 2. The maximum atomic E-state index is 11.2. The zero-order valence-electron chi connectivity index (χ0n) is 37.0. The molecule has 0 spiro atoms. The Balaban J connectivity index is 0.000000187. The second kappa shape index (κ2) is 24.1. The van der Waals surface area contributed by atoms with Crippen LogP contribution in [0.15, 0.2) is 59.1 Å². The molecular formula is C43H64ClN13O5. The number of aromatic nitrogens is 2. The van der Waals surface area contributed by atoms with Crippen LogP contribution < -0.4 is 31.9 Å². The lowest BCUT2D eigenvalue weighted by Crippen LogP contribution is -2.44. The number of imidazole rings is 1. The third-order valence-electron chi connectivity index (χ3n) is 10.6. The van der Waals surface area contributed by atoms with Crippen LogP contribution in [-0.4, -0.2) is 153 Å². The summed E-state index contributed by atoms with van der Waals surface area (Å²) < 4.78 is 8.16. The number of likely N-dealkylation sites (N-methyl/N-ethyl adjacent to an activating group) is 3. The Bertz CT molecular complexity index is 2110. The van der Waals surface area contributed by atoms with Gasteiger partial charge in [-0.1, -0.05) is 0 Å². The molecule has 3 aliphatic rings. The number of nitro benzene ring substituents is 1. The van der Waals surface area contributed by atoms with E-state index in [-0.39, 0.29) is 35.3 Å². The molecule has 0 bridgehead atoms. The molecular weight excluding hydrogens is 814 g/mol. The smallest absolute Gasteiger partial charge is 0.292 e. The molecule has 4 aromatic rings. The molecule has 3 aliphatic heterocycles. The molecule has 7 rings (SSSR count). The molecule has 1 aromatic heterocycles. The van der Waals surface area contributed by atoms with Crippen molar-refractivity contribution in [2.45, 2.75) is 33.6 Å².